The molecule has 122 valence electrons. The zero-order valence-corrected chi connectivity index (χ0v) is 12.9. The molecular formula is C15H21NO6. The second-order valence-corrected chi connectivity index (χ2v) is 5.06. The molecule has 7 nitrogen and oxygen atoms in total. The van der Waals surface area contributed by atoms with Gasteiger partial charge in [-0.25, -0.2) is 0 Å². The lowest BCUT2D eigenvalue weighted by molar-refractivity contribution is -0.162. The maximum absolute atomic E-state index is 11.0. The third-order valence-electron chi connectivity index (χ3n) is 3.46. The van der Waals surface area contributed by atoms with E-state index in [1.165, 1.54) is 6.92 Å². The topological polar surface area (TPSA) is 105 Å². The third kappa shape index (κ3) is 4.11. The Morgan fingerprint density at radius 3 is 2.23 bits per heavy atom. The smallest absolute Gasteiger partial charge is 0.322 e. The van der Waals surface area contributed by atoms with Gasteiger partial charge in [-0.05, 0) is 37.6 Å². The minimum absolute atomic E-state index is 0.148. The quantitative estimate of drug-likeness (QED) is 0.462. The highest BCUT2D eigenvalue weighted by atomic mass is 16.5. The molecular weight excluding hydrogens is 290 g/mol. The number of methoxy groups -OCH3 is 2. The minimum atomic E-state index is -1.84. The first-order chi connectivity index (χ1) is 10.3. The molecule has 7 heteroatoms. The van der Waals surface area contributed by atoms with Gasteiger partial charge in [0.2, 0.25) is 0 Å². The van der Waals surface area contributed by atoms with Crippen molar-refractivity contribution in [3.8, 4) is 11.5 Å². The van der Waals surface area contributed by atoms with Crippen LogP contribution in [0, 0.1) is 5.41 Å². The Bertz CT molecular complexity index is 529. The highest BCUT2D eigenvalue weighted by Crippen LogP contribution is 2.27. The van der Waals surface area contributed by atoms with Gasteiger partial charge in [0.05, 0.1) is 14.2 Å². The monoisotopic (exact) mass is 311 g/mol. The lowest BCUT2D eigenvalue weighted by atomic mass is 9.91. The molecule has 0 saturated carbocycles. The van der Waals surface area contributed by atoms with E-state index in [2.05, 4.69) is 5.32 Å². The SMILES string of the molecule is COc1ccc(CCNCC(C)(C(=O)O)C(=O)O)cc1OC. The van der Waals surface area contributed by atoms with Gasteiger partial charge in [-0.2, -0.15) is 0 Å². The zero-order valence-electron chi connectivity index (χ0n) is 12.9. The van der Waals surface area contributed by atoms with E-state index in [-0.39, 0.29) is 6.54 Å². The van der Waals surface area contributed by atoms with Gasteiger partial charge in [0, 0.05) is 6.54 Å². The Kier molecular flexibility index (Phi) is 6.18. The molecule has 0 unspecified atom stereocenters. The predicted molar refractivity (Wildman–Crippen MR) is 79.5 cm³/mol. The van der Waals surface area contributed by atoms with Crippen LogP contribution >= 0.6 is 0 Å². The first kappa shape index (κ1) is 17.8. The van der Waals surface area contributed by atoms with E-state index in [9.17, 15) is 9.59 Å². The van der Waals surface area contributed by atoms with Crippen LogP contribution < -0.4 is 14.8 Å². The minimum Gasteiger partial charge on any atom is -0.493 e. The van der Waals surface area contributed by atoms with Crippen molar-refractivity contribution in [3.63, 3.8) is 0 Å². The molecule has 22 heavy (non-hydrogen) atoms. The van der Waals surface area contributed by atoms with Gasteiger partial charge < -0.3 is 25.0 Å². The van der Waals surface area contributed by atoms with Gasteiger partial charge >= 0.3 is 11.9 Å². The number of ether oxygens (including phenoxy) is 2. The molecule has 0 bridgehead atoms. The molecule has 0 aliphatic rings. The fraction of sp³-hybridized carbons (Fsp3) is 0.467. The fourth-order valence-corrected chi connectivity index (χ4v) is 1.85. The molecule has 0 amide bonds. The summed E-state index contributed by atoms with van der Waals surface area (Å²) in [4.78, 5) is 22.1. The molecule has 0 heterocycles. The fourth-order valence-electron chi connectivity index (χ4n) is 1.85. The third-order valence-corrected chi connectivity index (χ3v) is 3.46. The van der Waals surface area contributed by atoms with Crippen LogP contribution in [-0.4, -0.2) is 49.5 Å². The van der Waals surface area contributed by atoms with Crippen molar-refractivity contribution in [2.24, 2.45) is 5.41 Å². The van der Waals surface area contributed by atoms with Crippen molar-refractivity contribution in [3.05, 3.63) is 23.8 Å². The van der Waals surface area contributed by atoms with E-state index in [0.29, 0.717) is 24.5 Å². The number of nitrogens with one attached hydrogen (secondary N) is 1. The van der Waals surface area contributed by atoms with Crippen LogP contribution in [0.5, 0.6) is 11.5 Å². The van der Waals surface area contributed by atoms with Gasteiger partial charge in [-0.15, -0.1) is 0 Å². The molecule has 0 spiro atoms. The van der Waals surface area contributed by atoms with Crippen LogP contribution in [0.1, 0.15) is 12.5 Å². The van der Waals surface area contributed by atoms with E-state index in [1.54, 1.807) is 20.3 Å². The highest BCUT2D eigenvalue weighted by Gasteiger charge is 2.41. The van der Waals surface area contributed by atoms with Gasteiger partial charge in [-0.1, -0.05) is 6.07 Å². The van der Waals surface area contributed by atoms with Crippen molar-refractivity contribution >= 4 is 11.9 Å². The first-order valence-corrected chi connectivity index (χ1v) is 6.73. The van der Waals surface area contributed by atoms with Crippen molar-refractivity contribution in [1.82, 2.24) is 5.32 Å². The highest BCUT2D eigenvalue weighted by molar-refractivity contribution is 5.98. The van der Waals surface area contributed by atoms with Crippen LogP contribution in [0.15, 0.2) is 18.2 Å². The van der Waals surface area contributed by atoms with Crippen molar-refractivity contribution in [2.75, 3.05) is 27.3 Å². The molecule has 0 radical (unpaired) electrons. The van der Waals surface area contributed by atoms with Crippen molar-refractivity contribution < 1.29 is 29.3 Å². The van der Waals surface area contributed by atoms with E-state index in [4.69, 9.17) is 19.7 Å². The van der Waals surface area contributed by atoms with E-state index in [1.807, 2.05) is 12.1 Å². The largest absolute Gasteiger partial charge is 0.493 e. The Balaban J connectivity index is 2.58. The second kappa shape index (κ2) is 7.65. The summed E-state index contributed by atoms with van der Waals surface area (Å²) in [5.74, 6) is -1.48. The Morgan fingerprint density at radius 2 is 1.73 bits per heavy atom. The maximum Gasteiger partial charge on any atom is 0.322 e. The summed E-state index contributed by atoms with van der Waals surface area (Å²) in [5.41, 5.74) is -0.866. The molecule has 0 aliphatic heterocycles. The normalized spacial score (nSPS) is 11.0. The van der Waals surface area contributed by atoms with Gasteiger partial charge in [0.25, 0.3) is 0 Å². The van der Waals surface area contributed by atoms with Crippen LogP contribution in [-0.2, 0) is 16.0 Å². The number of aliphatic carboxylic acids is 2. The second-order valence-electron chi connectivity index (χ2n) is 5.06. The average Bonchev–Trinajstić information content (AvgIpc) is 2.50. The van der Waals surface area contributed by atoms with Gasteiger partial charge in [-0.3, -0.25) is 9.59 Å². The summed E-state index contributed by atoms with van der Waals surface area (Å²) in [5, 5.41) is 20.9. The van der Waals surface area contributed by atoms with Gasteiger partial charge in [0.15, 0.2) is 16.9 Å². The summed E-state index contributed by atoms with van der Waals surface area (Å²) >= 11 is 0. The Hall–Kier alpha value is -2.28. The molecule has 0 aliphatic carbocycles. The maximum atomic E-state index is 11.0. The number of carboxylic acid groups (broad SMARTS) is 2. The van der Waals surface area contributed by atoms with Crippen LogP contribution in [0.4, 0.5) is 0 Å². The van der Waals surface area contributed by atoms with E-state index in [0.717, 1.165) is 5.56 Å². The summed E-state index contributed by atoms with van der Waals surface area (Å²) in [7, 11) is 3.10. The zero-order chi connectivity index (χ0) is 16.8. The van der Waals surface area contributed by atoms with Crippen LogP contribution in [0.2, 0.25) is 0 Å². The number of carbonyl (C=O) groups is 2. The number of rotatable bonds is 9. The Morgan fingerprint density at radius 1 is 1.14 bits per heavy atom. The first-order valence-electron chi connectivity index (χ1n) is 6.73. The van der Waals surface area contributed by atoms with Gasteiger partial charge in [0.1, 0.15) is 0 Å². The molecule has 3 N–H and O–H groups in total. The predicted octanol–water partition coefficient (Wildman–Crippen LogP) is 1.01. The van der Waals surface area contributed by atoms with Crippen LogP contribution in [0.3, 0.4) is 0 Å². The molecule has 1 aromatic rings. The average molecular weight is 311 g/mol. The molecule has 0 saturated heterocycles. The molecule has 0 atom stereocenters. The lowest BCUT2D eigenvalue weighted by Gasteiger charge is -2.20. The van der Waals surface area contributed by atoms with Crippen LogP contribution in [0.25, 0.3) is 0 Å². The molecule has 0 fully saturated rings. The number of carboxylic acids is 2. The van der Waals surface area contributed by atoms with E-state index >= 15 is 0 Å². The summed E-state index contributed by atoms with van der Waals surface area (Å²) in [6, 6.07) is 5.48. The van der Waals surface area contributed by atoms with Crippen molar-refractivity contribution in [1.29, 1.82) is 0 Å². The molecule has 0 aromatic heterocycles. The number of hydrogen-bond acceptors (Lipinski definition) is 5. The lowest BCUT2D eigenvalue weighted by Crippen LogP contribution is -2.45. The van der Waals surface area contributed by atoms with E-state index < -0.39 is 17.4 Å². The number of hydrogen-bond donors (Lipinski definition) is 3. The number of benzene rings is 1. The van der Waals surface area contributed by atoms with Crippen molar-refractivity contribution in [2.45, 2.75) is 13.3 Å². The standard InChI is InChI=1S/C15H21NO6/c1-15(13(17)18,14(19)20)9-16-7-6-10-4-5-11(21-2)12(8-10)22-3/h4-5,8,16H,6-7,9H2,1-3H3,(H,17,18)(H,19,20). The molecule has 1 rings (SSSR count). The summed E-state index contributed by atoms with van der Waals surface area (Å²) < 4.78 is 10.3. The summed E-state index contributed by atoms with van der Waals surface area (Å²) in [6.45, 7) is 1.48. The summed E-state index contributed by atoms with van der Waals surface area (Å²) in [6.07, 6.45) is 0.607. The Labute approximate surface area is 128 Å². The molecule has 1 aromatic carbocycles.